The summed E-state index contributed by atoms with van der Waals surface area (Å²) in [6.07, 6.45) is 0. The molecular weight excluding hydrogens is 410 g/mol. The minimum atomic E-state index is -0.779. The van der Waals surface area contributed by atoms with Crippen LogP contribution in [0.3, 0.4) is 0 Å². The number of esters is 1. The van der Waals surface area contributed by atoms with E-state index in [-0.39, 0.29) is 11.5 Å². The summed E-state index contributed by atoms with van der Waals surface area (Å²) in [6.45, 7) is 3.98. The Morgan fingerprint density at radius 1 is 1.22 bits per heavy atom. The Bertz CT molecular complexity index is 1030. The van der Waals surface area contributed by atoms with Gasteiger partial charge in [-0.05, 0) is 33.6 Å². The number of rotatable bonds is 2. The van der Waals surface area contributed by atoms with Gasteiger partial charge in [0, 0.05) is 22.7 Å². The molecule has 0 spiro atoms. The van der Waals surface area contributed by atoms with E-state index in [0.29, 0.717) is 21.4 Å². The van der Waals surface area contributed by atoms with Crippen LogP contribution in [0.2, 0.25) is 0 Å². The summed E-state index contributed by atoms with van der Waals surface area (Å²) in [6, 6.07) is 12.3. The molecule has 2 aromatic rings. The van der Waals surface area contributed by atoms with E-state index in [1.807, 2.05) is 18.2 Å². The summed E-state index contributed by atoms with van der Waals surface area (Å²) in [4.78, 5) is 30.3. The average molecular weight is 426 g/mol. The van der Waals surface area contributed by atoms with Crippen LogP contribution in [0.5, 0.6) is 5.75 Å². The highest BCUT2D eigenvalue weighted by atomic mass is 79.9. The van der Waals surface area contributed by atoms with Crippen LogP contribution in [0.4, 0.5) is 0 Å². The number of phenolic OH excluding ortho intramolecular Hbond substituents is 1. The molecule has 136 valence electrons. The zero-order chi connectivity index (χ0) is 19.3. The summed E-state index contributed by atoms with van der Waals surface area (Å²) in [5.74, 6) is -2.38. The molecule has 1 unspecified atom stereocenters. The number of carbonyl (C=O) groups excluding carboxylic acids is 2. The Balaban J connectivity index is 1.94. The van der Waals surface area contributed by atoms with Crippen molar-refractivity contribution in [3.05, 3.63) is 75.9 Å². The number of benzene rings is 2. The van der Waals surface area contributed by atoms with Gasteiger partial charge in [-0.25, -0.2) is 0 Å². The minimum Gasteiger partial charge on any atom is -0.507 e. The number of methoxy groups -OCH3 is 1. The fraction of sp³-hybridized carbons (Fsp3) is 0.190. The molecule has 2 aromatic carbocycles. The normalized spacial score (nSPS) is 23.5. The van der Waals surface area contributed by atoms with Gasteiger partial charge in [0.25, 0.3) is 0 Å². The molecular formula is C21H16BrNO4. The Labute approximate surface area is 164 Å². The zero-order valence-corrected chi connectivity index (χ0v) is 16.1. The van der Waals surface area contributed by atoms with Crippen LogP contribution < -0.4 is 0 Å². The highest BCUT2D eigenvalue weighted by molar-refractivity contribution is 9.10. The third kappa shape index (κ3) is 2.63. The number of ether oxygens (including phenoxy) is 1. The molecule has 27 heavy (non-hydrogen) atoms. The molecule has 0 radical (unpaired) electrons. The maximum Gasteiger partial charge on any atom is 0.315 e. The van der Waals surface area contributed by atoms with Crippen molar-refractivity contribution in [2.24, 2.45) is 16.8 Å². The lowest BCUT2D eigenvalue weighted by Gasteiger charge is -2.34. The van der Waals surface area contributed by atoms with Crippen molar-refractivity contribution in [2.45, 2.75) is 5.92 Å². The first-order valence-corrected chi connectivity index (χ1v) is 9.20. The van der Waals surface area contributed by atoms with Crippen LogP contribution in [-0.2, 0) is 9.53 Å². The SMILES string of the molecule is C=C1N=C2c3ccccc3C(=O)C2[C@@H](c2ccc(O)c(Br)c2)[C@H]1C(=O)OC. The van der Waals surface area contributed by atoms with Gasteiger partial charge in [-0.3, -0.25) is 14.6 Å². The first-order valence-electron chi connectivity index (χ1n) is 8.41. The van der Waals surface area contributed by atoms with Gasteiger partial charge in [0.2, 0.25) is 0 Å². The Kier molecular flexibility index (Phi) is 4.23. The number of hydrogen-bond donors (Lipinski definition) is 1. The van der Waals surface area contributed by atoms with Crippen molar-refractivity contribution in [1.29, 1.82) is 0 Å². The Morgan fingerprint density at radius 2 is 1.93 bits per heavy atom. The van der Waals surface area contributed by atoms with Crippen LogP contribution in [0.25, 0.3) is 0 Å². The van der Waals surface area contributed by atoms with Crippen molar-refractivity contribution in [1.82, 2.24) is 0 Å². The standard InChI is InChI=1S/C21H16BrNO4/c1-10-16(21(26)27-2)17(11-7-8-15(24)14(22)9-11)18-19(23-10)12-5-3-4-6-13(12)20(18)25/h3-9,16-18,24H,1H2,2H3/t16-,17-,18?/m0/s1. The highest BCUT2D eigenvalue weighted by Crippen LogP contribution is 2.48. The van der Waals surface area contributed by atoms with Crippen molar-refractivity contribution >= 4 is 33.4 Å². The second-order valence-electron chi connectivity index (χ2n) is 6.61. The number of aliphatic imine (C=N–C) groups is 1. The lowest BCUT2D eigenvalue weighted by atomic mass is 9.71. The molecule has 5 nitrogen and oxygen atoms in total. The quantitative estimate of drug-likeness (QED) is 0.741. The van der Waals surface area contributed by atoms with Crippen LogP contribution in [-0.4, -0.2) is 29.7 Å². The Hall–Kier alpha value is -2.73. The minimum absolute atomic E-state index is 0.0695. The van der Waals surface area contributed by atoms with Gasteiger partial charge in [-0.15, -0.1) is 0 Å². The summed E-state index contributed by atoms with van der Waals surface area (Å²) in [5.41, 5.74) is 3.11. The van der Waals surface area contributed by atoms with Crippen molar-refractivity contribution in [3.63, 3.8) is 0 Å². The van der Waals surface area contributed by atoms with Crippen LogP contribution in [0, 0.1) is 11.8 Å². The molecule has 4 rings (SSSR count). The molecule has 1 aliphatic heterocycles. The summed E-state index contributed by atoms with van der Waals surface area (Å²) < 4.78 is 5.47. The van der Waals surface area contributed by atoms with Gasteiger partial charge in [-0.2, -0.15) is 0 Å². The molecule has 1 heterocycles. The van der Waals surface area contributed by atoms with E-state index in [1.165, 1.54) is 13.2 Å². The predicted molar refractivity (Wildman–Crippen MR) is 104 cm³/mol. The van der Waals surface area contributed by atoms with Crippen molar-refractivity contribution in [2.75, 3.05) is 7.11 Å². The first kappa shape index (κ1) is 17.7. The molecule has 1 aliphatic carbocycles. The first-order chi connectivity index (χ1) is 12.9. The van der Waals surface area contributed by atoms with E-state index < -0.39 is 23.7 Å². The third-order valence-corrected chi connectivity index (χ3v) is 5.83. The van der Waals surface area contributed by atoms with Crippen molar-refractivity contribution < 1.29 is 19.4 Å². The average Bonchev–Trinajstić information content (AvgIpc) is 2.95. The van der Waals surface area contributed by atoms with E-state index in [2.05, 4.69) is 27.5 Å². The summed E-state index contributed by atoms with van der Waals surface area (Å²) in [5, 5.41) is 9.85. The predicted octanol–water partition coefficient (Wildman–Crippen LogP) is 3.86. The summed E-state index contributed by atoms with van der Waals surface area (Å²) >= 11 is 3.31. The van der Waals surface area contributed by atoms with Gasteiger partial charge in [0.1, 0.15) is 11.7 Å². The van der Waals surface area contributed by atoms with E-state index in [0.717, 1.165) is 11.1 Å². The molecule has 0 amide bonds. The number of ketones is 1. The smallest absolute Gasteiger partial charge is 0.315 e. The lowest BCUT2D eigenvalue weighted by molar-refractivity contribution is -0.145. The molecule has 0 aromatic heterocycles. The number of phenols is 1. The number of aromatic hydroxyl groups is 1. The third-order valence-electron chi connectivity index (χ3n) is 5.20. The number of carbonyl (C=O) groups is 2. The van der Waals surface area contributed by atoms with Crippen LogP contribution in [0.1, 0.15) is 27.4 Å². The van der Waals surface area contributed by atoms with E-state index >= 15 is 0 Å². The van der Waals surface area contributed by atoms with Gasteiger partial charge in [0.05, 0.1) is 23.2 Å². The van der Waals surface area contributed by atoms with Crippen LogP contribution in [0.15, 0.2) is 64.2 Å². The van der Waals surface area contributed by atoms with Gasteiger partial charge in [0.15, 0.2) is 5.78 Å². The fourth-order valence-electron chi connectivity index (χ4n) is 3.99. The molecule has 0 fully saturated rings. The molecule has 0 bridgehead atoms. The lowest BCUT2D eigenvalue weighted by Crippen LogP contribution is -2.38. The Morgan fingerprint density at radius 3 is 2.59 bits per heavy atom. The molecule has 2 aliphatic rings. The van der Waals surface area contributed by atoms with E-state index in [4.69, 9.17) is 4.74 Å². The molecule has 1 N–H and O–H groups in total. The topological polar surface area (TPSA) is 76.0 Å². The largest absolute Gasteiger partial charge is 0.507 e. The molecule has 0 saturated heterocycles. The maximum absolute atomic E-state index is 13.2. The number of nitrogens with zero attached hydrogens (tertiary/aromatic N) is 1. The van der Waals surface area contributed by atoms with Gasteiger partial charge in [-0.1, -0.05) is 36.9 Å². The van der Waals surface area contributed by atoms with E-state index in [1.54, 1.807) is 18.2 Å². The molecule has 0 saturated carbocycles. The fourth-order valence-corrected chi connectivity index (χ4v) is 4.39. The molecule has 6 heteroatoms. The monoisotopic (exact) mass is 425 g/mol. The zero-order valence-electron chi connectivity index (χ0n) is 14.5. The number of Topliss-reactive ketones (excluding diaryl/α,β-unsaturated/α-hetero) is 1. The maximum atomic E-state index is 13.2. The van der Waals surface area contributed by atoms with Gasteiger partial charge >= 0.3 is 5.97 Å². The summed E-state index contributed by atoms with van der Waals surface area (Å²) in [7, 11) is 1.31. The van der Waals surface area contributed by atoms with Crippen molar-refractivity contribution in [3.8, 4) is 5.75 Å². The van der Waals surface area contributed by atoms with Crippen LogP contribution >= 0.6 is 15.9 Å². The highest BCUT2D eigenvalue weighted by Gasteiger charge is 2.51. The van der Waals surface area contributed by atoms with E-state index in [9.17, 15) is 14.7 Å². The molecule has 3 atom stereocenters. The number of hydrogen-bond acceptors (Lipinski definition) is 5. The van der Waals surface area contributed by atoms with Gasteiger partial charge < -0.3 is 9.84 Å². The second-order valence-corrected chi connectivity index (χ2v) is 7.47. The second kappa shape index (κ2) is 6.46. The number of fused-ring (bicyclic) bond motifs is 3. The number of halogens is 1.